The molecule has 0 bridgehead atoms. The highest BCUT2D eigenvalue weighted by Gasteiger charge is 2.20. The number of hydrogen-bond acceptors (Lipinski definition) is 6. The minimum Gasteiger partial charge on any atom is -0.450 e. The highest BCUT2D eigenvalue weighted by Crippen LogP contribution is 2.06. The molecule has 0 saturated carbocycles. The lowest BCUT2D eigenvalue weighted by Crippen LogP contribution is -2.45. The number of carbonyl (C=O) groups excluding carboxylic acids is 2. The van der Waals surface area contributed by atoms with Crippen LogP contribution in [0.15, 0.2) is 0 Å². The molecule has 0 aromatic carbocycles. The van der Waals surface area contributed by atoms with Gasteiger partial charge in [0.15, 0.2) is 0 Å². The van der Waals surface area contributed by atoms with Gasteiger partial charge in [-0.15, -0.1) is 0 Å². The normalized spacial score (nSPS) is 18.6. The van der Waals surface area contributed by atoms with Gasteiger partial charge in [0, 0.05) is 19.1 Å². The summed E-state index contributed by atoms with van der Waals surface area (Å²) in [5.74, 6) is -0.412. The van der Waals surface area contributed by atoms with Crippen molar-refractivity contribution in [2.45, 2.75) is 25.8 Å². The summed E-state index contributed by atoms with van der Waals surface area (Å²) in [5, 5.41) is 14.5. The molecule has 1 saturated heterocycles. The van der Waals surface area contributed by atoms with Crippen molar-refractivity contribution in [1.82, 2.24) is 15.5 Å². The van der Waals surface area contributed by atoms with Gasteiger partial charge < -0.3 is 15.2 Å². The number of nitrogens with zero attached hydrogens (tertiary/aromatic N) is 1. The van der Waals surface area contributed by atoms with E-state index in [4.69, 9.17) is 5.11 Å². The smallest absolute Gasteiger partial charge is 0.413 e. The van der Waals surface area contributed by atoms with Crippen molar-refractivity contribution in [2.24, 2.45) is 0 Å². The first-order valence-electron chi connectivity index (χ1n) is 6.69. The Labute approximate surface area is 113 Å². The highest BCUT2D eigenvalue weighted by molar-refractivity contribution is 5.92. The van der Waals surface area contributed by atoms with E-state index in [1.165, 1.54) is 0 Å². The average Bonchev–Trinajstić information content (AvgIpc) is 2.82. The molecule has 7 nitrogen and oxygen atoms in total. The zero-order chi connectivity index (χ0) is 14.1. The highest BCUT2D eigenvalue weighted by atomic mass is 16.5. The summed E-state index contributed by atoms with van der Waals surface area (Å²) >= 11 is 0. The number of ether oxygens (including phenoxy) is 1. The fourth-order valence-electron chi connectivity index (χ4n) is 2.12. The third-order valence-corrected chi connectivity index (χ3v) is 2.94. The molecule has 0 aliphatic carbocycles. The second-order valence-corrected chi connectivity index (χ2v) is 4.52. The Kier molecular flexibility index (Phi) is 7.39. The largest absolute Gasteiger partial charge is 0.450 e. The van der Waals surface area contributed by atoms with Gasteiger partial charge >= 0.3 is 6.09 Å². The van der Waals surface area contributed by atoms with E-state index in [-0.39, 0.29) is 19.8 Å². The topological polar surface area (TPSA) is 90.9 Å². The molecule has 1 aliphatic rings. The lowest BCUT2D eigenvalue weighted by molar-refractivity contribution is -0.121. The number of rotatable bonds is 7. The standard InChI is InChI=1S/C12H23N3O4/c1-2-19-12(18)14-11(17)9-15(6-7-16)8-10-4-3-5-13-10/h10,13,16H,2-9H2,1H3,(H,14,17,18). The van der Waals surface area contributed by atoms with Gasteiger partial charge in [-0.25, -0.2) is 4.79 Å². The summed E-state index contributed by atoms with van der Waals surface area (Å²) in [6.07, 6.45) is 1.48. The third-order valence-electron chi connectivity index (χ3n) is 2.94. The number of carbonyl (C=O) groups is 2. The summed E-state index contributed by atoms with van der Waals surface area (Å²) in [5.41, 5.74) is 0. The molecule has 0 aromatic heterocycles. The quantitative estimate of drug-likeness (QED) is 0.568. The molecule has 110 valence electrons. The van der Waals surface area contributed by atoms with Crippen LogP contribution in [-0.4, -0.2) is 67.4 Å². The van der Waals surface area contributed by atoms with E-state index in [0.29, 0.717) is 19.1 Å². The Hall–Kier alpha value is -1.18. The van der Waals surface area contributed by atoms with Gasteiger partial charge in [0.2, 0.25) is 5.91 Å². The molecule has 2 amide bonds. The Morgan fingerprint density at radius 1 is 1.53 bits per heavy atom. The van der Waals surface area contributed by atoms with Crippen LogP contribution in [-0.2, 0) is 9.53 Å². The van der Waals surface area contributed by atoms with Gasteiger partial charge in [0.25, 0.3) is 0 Å². The molecule has 1 heterocycles. The van der Waals surface area contributed by atoms with E-state index < -0.39 is 12.0 Å². The molecule has 19 heavy (non-hydrogen) atoms. The molecule has 7 heteroatoms. The number of alkyl carbamates (subject to hydrolysis) is 1. The molecule has 0 radical (unpaired) electrons. The van der Waals surface area contributed by atoms with Crippen LogP contribution >= 0.6 is 0 Å². The molecule has 1 rings (SSSR count). The van der Waals surface area contributed by atoms with E-state index in [1.807, 2.05) is 4.90 Å². The van der Waals surface area contributed by atoms with Crippen LogP contribution in [0.2, 0.25) is 0 Å². The summed E-state index contributed by atoms with van der Waals surface area (Å²) in [6, 6.07) is 0.349. The first-order chi connectivity index (χ1) is 9.15. The van der Waals surface area contributed by atoms with Gasteiger partial charge in [-0.3, -0.25) is 15.0 Å². The van der Waals surface area contributed by atoms with Crippen LogP contribution in [0.4, 0.5) is 4.79 Å². The van der Waals surface area contributed by atoms with E-state index in [0.717, 1.165) is 19.4 Å². The number of nitrogens with one attached hydrogen (secondary N) is 2. The zero-order valence-corrected chi connectivity index (χ0v) is 11.4. The Bertz CT molecular complexity index is 293. The Balaban J connectivity index is 2.34. The summed E-state index contributed by atoms with van der Waals surface area (Å²) in [7, 11) is 0. The predicted octanol–water partition coefficient (Wildman–Crippen LogP) is -0.695. The molecule has 1 unspecified atom stereocenters. The van der Waals surface area contributed by atoms with Gasteiger partial charge in [-0.05, 0) is 26.3 Å². The monoisotopic (exact) mass is 273 g/mol. The maximum Gasteiger partial charge on any atom is 0.413 e. The average molecular weight is 273 g/mol. The Morgan fingerprint density at radius 2 is 2.32 bits per heavy atom. The number of hydrogen-bond donors (Lipinski definition) is 3. The van der Waals surface area contributed by atoms with E-state index in [2.05, 4.69) is 15.4 Å². The zero-order valence-electron chi connectivity index (χ0n) is 11.4. The van der Waals surface area contributed by atoms with Crippen LogP contribution in [0.25, 0.3) is 0 Å². The van der Waals surface area contributed by atoms with Crippen LogP contribution in [0, 0.1) is 0 Å². The number of aliphatic hydroxyl groups excluding tert-OH is 1. The molecule has 3 N–H and O–H groups in total. The molecule has 1 atom stereocenters. The summed E-state index contributed by atoms with van der Waals surface area (Å²) in [6.45, 7) is 4.06. The molecule has 0 aromatic rings. The molecular weight excluding hydrogens is 250 g/mol. The van der Waals surface area contributed by atoms with Gasteiger partial charge in [0.05, 0.1) is 19.8 Å². The van der Waals surface area contributed by atoms with Crippen molar-refractivity contribution in [2.75, 3.05) is 39.4 Å². The van der Waals surface area contributed by atoms with Crippen LogP contribution < -0.4 is 10.6 Å². The number of amides is 2. The maximum atomic E-state index is 11.6. The second kappa shape index (κ2) is 8.84. The first kappa shape index (κ1) is 15.9. The fourth-order valence-corrected chi connectivity index (χ4v) is 2.12. The molecular formula is C12H23N3O4. The van der Waals surface area contributed by atoms with Crippen LogP contribution in [0.3, 0.4) is 0 Å². The van der Waals surface area contributed by atoms with Crippen molar-refractivity contribution in [1.29, 1.82) is 0 Å². The van der Waals surface area contributed by atoms with Gasteiger partial charge in [0.1, 0.15) is 0 Å². The van der Waals surface area contributed by atoms with Crippen molar-refractivity contribution in [3.05, 3.63) is 0 Å². The van der Waals surface area contributed by atoms with Crippen molar-refractivity contribution in [3.63, 3.8) is 0 Å². The SMILES string of the molecule is CCOC(=O)NC(=O)CN(CCO)CC1CCCN1. The van der Waals surface area contributed by atoms with Crippen LogP contribution in [0.5, 0.6) is 0 Å². The van der Waals surface area contributed by atoms with E-state index >= 15 is 0 Å². The minimum absolute atomic E-state index is 0.0145. The maximum absolute atomic E-state index is 11.6. The first-order valence-corrected chi connectivity index (χ1v) is 6.69. The van der Waals surface area contributed by atoms with Crippen molar-refractivity contribution in [3.8, 4) is 0 Å². The van der Waals surface area contributed by atoms with Crippen molar-refractivity contribution >= 4 is 12.0 Å². The van der Waals surface area contributed by atoms with Crippen molar-refractivity contribution < 1.29 is 19.4 Å². The molecule has 1 fully saturated rings. The summed E-state index contributed by atoms with van der Waals surface area (Å²) in [4.78, 5) is 24.6. The lowest BCUT2D eigenvalue weighted by atomic mass is 10.2. The fraction of sp³-hybridized carbons (Fsp3) is 0.833. The van der Waals surface area contributed by atoms with Crippen LogP contribution in [0.1, 0.15) is 19.8 Å². The second-order valence-electron chi connectivity index (χ2n) is 4.52. The minimum atomic E-state index is -0.726. The number of imide groups is 1. The molecule has 1 aliphatic heterocycles. The third kappa shape index (κ3) is 6.51. The lowest BCUT2D eigenvalue weighted by Gasteiger charge is -2.24. The van der Waals surface area contributed by atoms with E-state index in [9.17, 15) is 9.59 Å². The predicted molar refractivity (Wildman–Crippen MR) is 69.7 cm³/mol. The van der Waals surface area contributed by atoms with E-state index in [1.54, 1.807) is 6.92 Å². The number of aliphatic hydroxyl groups is 1. The Morgan fingerprint density at radius 3 is 2.89 bits per heavy atom. The summed E-state index contributed by atoms with van der Waals surface area (Å²) < 4.78 is 4.64. The van der Waals surface area contributed by atoms with Gasteiger partial charge in [-0.1, -0.05) is 0 Å². The molecule has 0 spiro atoms. The van der Waals surface area contributed by atoms with Gasteiger partial charge in [-0.2, -0.15) is 0 Å².